The smallest absolute Gasteiger partial charge is 0.225 e. The van der Waals surface area contributed by atoms with Gasteiger partial charge in [0.25, 0.3) is 0 Å². The molecule has 168 valence electrons. The molecule has 1 unspecified atom stereocenters. The molecule has 2 aliphatic heterocycles. The van der Waals surface area contributed by atoms with Crippen molar-refractivity contribution in [2.75, 3.05) is 64.7 Å². The lowest BCUT2D eigenvalue weighted by atomic mass is 9.91. The van der Waals surface area contributed by atoms with E-state index in [2.05, 4.69) is 45.8 Å². The van der Waals surface area contributed by atoms with Gasteiger partial charge in [-0.3, -0.25) is 9.79 Å². The quantitative estimate of drug-likeness (QED) is 0.219. The van der Waals surface area contributed by atoms with E-state index in [1.165, 1.54) is 25.1 Å². The molecule has 0 radical (unpaired) electrons. The van der Waals surface area contributed by atoms with Crippen LogP contribution in [0.4, 0.5) is 5.69 Å². The number of para-hydroxylation sites is 1. The number of fused-ring (bicyclic) bond motifs is 1. The van der Waals surface area contributed by atoms with E-state index in [4.69, 9.17) is 4.99 Å². The van der Waals surface area contributed by atoms with Gasteiger partial charge in [0.1, 0.15) is 0 Å². The van der Waals surface area contributed by atoms with Gasteiger partial charge in [0.05, 0.1) is 6.54 Å². The van der Waals surface area contributed by atoms with Gasteiger partial charge in [-0.25, -0.2) is 0 Å². The summed E-state index contributed by atoms with van der Waals surface area (Å²) < 4.78 is 0. The Bertz CT molecular complexity index is 698. The maximum Gasteiger partial charge on any atom is 0.225 e. The van der Waals surface area contributed by atoms with Crippen LogP contribution in [-0.4, -0.2) is 81.1 Å². The molecule has 1 fully saturated rings. The van der Waals surface area contributed by atoms with Crippen LogP contribution in [-0.2, 0) is 4.79 Å². The summed E-state index contributed by atoms with van der Waals surface area (Å²) in [6, 6.07) is 8.04. The zero-order chi connectivity index (χ0) is 20.5. The van der Waals surface area contributed by atoms with Crippen molar-refractivity contribution >= 4 is 41.5 Å². The molecule has 1 atom stereocenters. The summed E-state index contributed by atoms with van der Waals surface area (Å²) in [5.41, 5.74) is 2.10. The van der Waals surface area contributed by atoms with Gasteiger partial charge in [0, 0.05) is 44.2 Å². The van der Waals surface area contributed by atoms with Crippen molar-refractivity contribution in [1.82, 2.24) is 20.4 Å². The van der Waals surface area contributed by atoms with E-state index in [1.807, 2.05) is 18.2 Å². The molecular weight excluding hydrogens is 491 g/mol. The van der Waals surface area contributed by atoms with Gasteiger partial charge in [0.2, 0.25) is 5.91 Å². The zero-order valence-electron chi connectivity index (χ0n) is 18.3. The van der Waals surface area contributed by atoms with Gasteiger partial charge in [-0.1, -0.05) is 18.2 Å². The first-order chi connectivity index (χ1) is 14.2. The van der Waals surface area contributed by atoms with Crippen LogP contribution in [0.2, 0.25) is 0 Å². The maximum atomic E-state index is 12.0. The van der Waals surface area contributed by atoms with Crippen LogP contribution in [0.25, 0.3) is 0 Å². The summed E-state index contributed by atoms with van der Waals surface area (Å²) in [5.74, 6) is 1.04. The minimum atomic E-state index is 0. The number of benzene rings is 1. The third kappa shape index (κ3) is 7.70. The number of hydrogen-bond acceptors (Lipinski definition) is 4. The van der Waals surface area contributed by atoms with Crippen molar-refractivity contribution in [1.29, 1.82) is 0 Å². The summed E-state index contributed by atoms with van der Waals surface area (Å²) in [5, 5.41) is 9.75. The number of hydrogen-bond donors (Lipinski definition) is 3. The van der Waals surface area contributed by atoms with Crippen LogP contribution in [0.15, 0.2) is 29.3 Å². The Morgan fingerprint density at radius 3 is 2.87 bits per heavy atom. The number of nitrogens with one attached hydrogen (secondary N) is 3. The lowest BCUT2D eigenvalue weighted by Crippen LogP contribution is -2.39. The molecule has 0 spiro atoms. The van der Waals surface area contributed by atoms with Crippen LogP contribution in [0.1, 0.15) is 37.7 Å². The Balaban J connectivity index is 0.00000320. The predicted octanol–water partition coefficient (Wildman–Crippen LogP) is 2.31. The molecule has 1 saturated heterocycles. The number of carbonyl (C=O) groups is 1. The molecule has 0 aromatic heterocycles. The molecule has 0 aliphatic carbocycles. The second-order valence-electron chi connectivity index (χ2n) is 8.03. The SMILES string of the molecule is CCNC(=NCC1CC(=O)Nc2ccccc21)NCCCN1CCCN(C)CC1.I. The van der Waals surface area contributed by atoms with E-state index < -0.39 is 0 Å². The molecule has 1 aromatic rings. The average molecular weight is 528 g/mol. The number of nitrogens with zero attached hydrogens (tertiary/aromatic N) is 3. The number of halogens is 1. The highest BCUT2D eigenvalue weighted by atomic mass is 127. The molecular formula is C22H37IN6O. The van der Waals surface area contributed by atoms with E-state index in [9.17, 15) is 4.79 Å². The van der Waals surface area contributed by atoms with Crippen molar-refractivity contribution in [3.63, 3.8) is 0 Å². The third-order valence-corrected chi connectivity index (χ3v) is 5.68. The van der Waals surface area contributed by atoms with E-state index in [0.717, 1.165) is 50.8 Å². The second-order valence-corrected chi connectivity index (χ2v) is 8.03. The van der Waals surface area contributed by atoms with Crippen molar-refractivity contribution in [3.8, 4) is 0 Å². The molecule has 1 amide bonds. The zero-order valence-corrected chi connectivity index (χ0v) is 20.7. The fourth-order valence-corrected chi connectivity index (χ4v) is 4.04. The summed E-state index contributed by atoms with van der Waals surface area (Å²) >= 11 is 0. The molecule has 30 heavy (non-hydrogen) atoms. The number of aliphatic imine (C=N–C) groups is 1. The highest BCUT2D eigenvalue weighted by Crippen LogP contribution is 2.31. The van der Waals surface area contributed by atoms with E-state index in [-0.39, 0.29) is 35.8 Å². The summed E-state index contributed by atoms with van der Waals surface area (Å²) in [7, 11) is 2.21. The Kier molecular flexibility index (Phi) is 10.9. The predicted molar refractivity (Wildman–Crippen MR) is 135 cm³/mol. The lowest BCUT2D eigenvalue weighted by molar-refractivity contribution is -0.116. The first-order valence-electron chi connectivity index (χ1n) is 11.0. The van der Waals surface area contributed by atoms with Crippen LogP contribution >= 0.6 is 24.0 Å². The Labute approximate surface area is 198 Å². The highest BCUT2D eigenvalue weighted by Gasteiger charge is 2.24. The summed E-state index contributed by atoms with van der Waals surface area (Å²) in [4.78, 5) is 21.8. The van der Waals surface area contributed by atoms with Crippen LogP contribution in [0.3, 0.4) is 0 Å². The van der Waals surface area contributed by atoms with Gasteiger partial charge < -0.3 is 25.8 Å². The molecule has 3 N–H and O–H groups in total. The minimum Gasteiger partial charge on any atom is -0.357 e. The fraction of sp³-hybridized carbons (Fsp3) is 0.636. The van der Waals surface area contributed by atoms with E-state index >= 15 is 0 Å². The molecule has 0 bridgehead atoms. The first-order valence-corrected chi connectivity index (χ1v) is 11.0. The standard InChI is InChI=1S/C22H36N6O.HI/c1-3-23-22(24-10-6-12-28-13-7-11-27(2)14-15-28)25-17-18-16-21(29)26-20-9-5-4-8-19(18)20;/h4-5,8-9,18H,3,6-7,10-17H2,1-2H3,(H,26,29)(H2,23,24,25);1H. The molecule has 3 rings (SSSR count). The molecule has 1 aromatic carbocycles. The molecule has 7 nitrogen and oxygen atoms in total. The fourth-order valence-electron chi connectivity index (χ4n) is 4.04. The minimum absolute atomic E-state index is 0. The number of rotatable bonds is 7. The number of likely N-dealkylation sites (N-methyl/N-ethyl adjacent to an activating group) is 1. The largest absolute Gasteiger partial charge is 0.357 e. The Morgan fingerprint density at radius 1 is 1.20 bits per heavy atom. The topological polar surface area (TPSA) is 72.0 Å². The number of guanidine groups is 1. The van der Waals surface area contributed by atoms with Crippen LogP contribution in [0.5, 0.6) is 0 Å². The number of amides is 1. The molecule has 0 saturated carbocycles. The lowest BCUT2D eigenvalue weighted by Gasteiger charge is -2.24. The Morgan fingerprint density at radius 2 is 2.03 bits per heavy atom. The first kappa shape index (κ1) is 24.9. The van der Waals surface area contributed by atoms with Crippen molar-refractivity contribution in [2.45, 2.75) is 32.1 Å². The monoisotopic (exact) mass is 528 g/mol. The second kappa shape index (κ2) is 13.1. The third-order valence-electron chi connectivity index (χ3n) is 5.68. The van der Waals surface area contributed by atoms with E-state index in [1.54, 1.807) is 0 Å². The van der Waals surface area contributed by atoms with Gasteiger partial charge in [-0.2, -0.15) is 0 Å². The summed E-state index contributed by atoms with van der Waals surface area (Å²) in [6.07, 6.45) is 2.84. The Hall–Kier alpha value is -1.39. The normalized spacial score (nSPS) is 20.5. The van der Waals surface area contributed by atoms with Crippen LogP contribution < -0.4 is 16.0 Å². The average Bonchev–Trinajstić information content (AvgIpc) is 2.93. The van der Waals surface area contributed by atoms with Crippen molar-refractivity contribution < 1.29 is 4.79 Å². The van der Waals surface area contributed by atoms with Crippen molar-refractivity contribution in [2.24, 2.45) is 4.99 Å². The number of anilines is 1. The van der Waals surface area contributed by atoms with E-state index in [0.29, 0.717) is 13.0 Å². The van der Waals surface area contributed by atoms with Gasteiger partial charge >= 0.3 is 0 Å². The van der Waals surface area contributed by atoms with Gasteiger partial charge in [0.15, 0.2) is 5.96 Å². The van der Waals surface area contributed by atoms with Gasteiger partial charge in [-0.15, -0.1) is 24.0 Å². The molecule has 2 aliphatic rings. The maximum absolute atomic E-state index is 12.0. The van der Waals surface area contributed by atoms with Gasteiger partial charge in [-0.05, 0) is 58.1 Å². The van der Waals surface area contributed by atoms with Crippen molar-refractivity contribution in [3.05, 3.63) is 29.8 Å². The highest BCUT2D eigenvalue weighted by molar-refractivity contribution is 14.0. The molecule has 8 heteroatoms. The number of carbonyl (C=O) groups excluding carboxylic acids is 1. The molecule has 2 heterocycles. The summed E-state index contributed by atoms with van der Waals surface area (Å²) in [6.45, 7) is 10.3. The van der Waals surface area contributed by atoms with Crippen LogP contribution in [0, 0.1) is 0 Å².